The normalized spacial score (nSPS) is 20.6. The van der Waals surface area contributed by atoms with Crippen LogP contribution in [0.3, 0.4) is 0 Å². The van der Waals surface area contributed by atoms with Gasteiger partial charge in [0.25, 0.3) is 0 Å². The van der Waals surface area contributed by atoms with Crippen molar-refractivity contribution < 1.29 is 0 Å². The largest absolute Gasteiger partial charge is 0.327 e. The topological polar surface area (TPSA) is 29.3 Å². The Bertz CT molecular complexity index is 174. The third-order valence-electron chi connectivity index (χ3n) is 3.61. The molecule has 0 aliphatic heterocycles. The number of hydrogen-bond donors (Lipinski definition) is 1. The second-order valence-corrected chi connectivity index (χ2v) is 6.11. The van der Waals surface area contributed by atoms with E-state index in [0.717, 1.165) is 24.8 Å². The van der Waals surface area contributed by atoms with E-state index in [2.05, 4.69) is 25.8 Å². The van der Waals surface area contributed by atoms with Crippen molar-refractivity contribution in [1.29, 1.82) is 0 Å². The summed E-state index contributed by atoms with van der Waals surface area (Å²) in [6.07, 6.45) is 8.35. The molecule has 0 bridgehead atoms. The van der Waals surface area contributed by atoms with Gasteiger partial charge in [-0.3, -0.25) is 0 Å². The van der Waals surface area contributed by atoms with Gasteiger partial charge in [-0.15, -0.1) is 0 Å². The molecule has 0 aromatic carbocycles. The van der Waals surface area contributed by atoms with Crippen LogP contribution in [0.1, 0.15) is 52.4 Å². The molecule has 1 rings (SSSR count). The molecule has 2 nitrogen and oxygen atoms in total. The molecular formula is C14H30N2. The number of hydrogen-bond acceptors (Lipinski definition) is 2. The average molecular weight is 226 g/mol. The van der Waals surface area contributed by atoms with Gasteiger partial charge in [0.1, 0.15) is 0 Å². The van der Waals surface area contributed by atoms with Gasteiger partial charge in [0.15, 0.2) is 0 Å². The first-order valence-corrected chi connectivity index (χ1v) is 7.02. The zero-order chi connectivity index (χ0) is 12.0. The maximum Gasteiger partial charge on any atom is 0.0170 e. The molecule has 0 aromatic rings. The molecule has 0 amide bonds. The zero-order valence-corrected chi connectivity index (χ0v) is 11.4. The third kappa shape index (κ3) is 5.86. The van der Waals surface area contributed by atoms with E-state index in [4.69, 9.17) is 5.73 Å². The Morgan fingerprint density at radius 2 is 1.81 bits per heavy atom. The lowest BCUT2D eigenvalue weighted by Crippen LogP contribution is -2.38. The Balaban J connectivity index is 2.15. The van der Waals surface area contributed by atoms with Crippen molar-refractivity contribution in [2.75, 3.05) is 20.1 Å². The Kier molecular flexibility index (Phi) is 6.37. The van der Waals surface area contributed by atoms with Crippen LogP contribution in [0.15, 0.2) is 0 Å². The van der Waals surface area contributed by atoms with Gasteiger partial charge in [0, 0.05) is 19.1 Å². The van der Waals surface area contributed by atoms with Crippen molar-refractivity contribution in [3.8, 4) is 0 Å². The van der Waals surface area contributed by atoms with Gasteiger partial charge in [-0.2, -0.15) is 0 Å². The van der Waals surface area contributed by atoms with Crippen LogP contribution >= 0.6 is 0 Å². The van der Waals surface area contributed by atoms with Gasteiger partial charge in [0.2, 0.25) is 0 Å². The SMILES string of the molecule is CC(C)CC(N)CN(C)CC1CCCCC1. The standard InChI is InChI=1S/C14H30N2/c1-12(2)9-14(15)11-16(3)10-13-7-5-4-6-8-13/h12-14H,4-11,15H2,1-3H3. The van der Waals surface area contributed by atoms with E-state index in [1.165, 1.54) is 38.6 Å². The van der Waals surface area contributed by atoms with Gasteiger partial charge >= 0.3 is 0 Å². The van der Waals surface area contributed by atoms with Gasteiger partial charge < -0.3 is 10.6 Å². The summed E-state index contributed by atoms with van der Waals surface area (Å²) in [7, 11) is 2.23. The minimum absolute atomic E-state index is 0.355. The molecule has 16 heavy (non-hydrogen) atoms. The lowest BCUT2D eigenvalue weighted by Gasteiger charge is -2.29. The summed E-state index contributed by atoms with van der Waals surface area (Å²) in [5.74, 6) is 1.66. The minimum atomic E-state index is 0.355. The highest BCUT2D eigenvalue weighted by atomic mass is 15.1. The van der Waals surface area contributed by atoms with Crippen LogP contribution in [0.5, 0.6) is 0 Å². The second kappa shape index (κ2) is 7.29. The number of rotatable bonds is 6. The molecule has 2 heteroatoms. The summed E-state index contributed by atoms with van der Waals surface area (Å²) in [6, 6.07) is 0.355. The summed E-state index contributed by atoms with van der Waals surface area (Å²) < 4.78 is 0. The fourth-order valence-electron chi connectivity index (χ4n) is 2.97. The van der Waals surface area contributed by atoms with E-state index in [9.17, 15) is 0 Å². The minimum Gasteiger partial charge on any atom is -0.327 e. The Morgan fingerprint density at radius 1 is 1.19 bits per heavy atom. The van der Waals surface area contributed by atoms with Crippen molar-refractivity contribution >= 4 is 0 Å². The highest BCUT2D eigenvalue weighted by molar-refractivity contribution is 4.72. The summed E-state index contributed by atoms with van der Waals surface area (Å²) in [6.45, 7) is 6.82. The van der Waals surface area contributed by atoms with Crippen molar-refractivity contribution in [2.45, 2.75) is 58.4 Å². The molecule has 2 N–H and O–H groups in total. The third-order valence-corrected chi connectivity index (χ3v) is 3.61. The van der Waals surface area contributed by atoms with Crippen LogP contribution in [-0.2, 0) is 0 Å². The van der Waals surface area contributed by atoms with E-state index in [0.29, 0.717) is 6.04 Å². The number of nitrogens with zero attached hydrogens (tertiary/aromatic N) is 1. The van der Waals surface area contributed by atoms with E-state index in [1.807, 2.05) is 0 Å². The summed E-state index contributed by atoms with van der Waals surface area (Å²) >= 11 is 0. The summed E-state index contributed by atoms with van der Waals surface area (Å²) in [5, 5.41) is 0. The first-order chi connectivity index (χ1) is 7.58. The van der Waals surface area contributed by atoms with Crippen molar-refractivity contribution in [3.63, 3.8) is 0 Å². The lowest BCUT2D eigenvalue weighted by molar-refractivity contribution is 0.218. The Labute approximate surface area is 102 Å². The second-order valence-electron chi connectivity index (χ2n) is 6.11. The molecule has 1 aliphatic carbocycles. The molecule has 1 saturated carbocycles. The molecule has 0 saturated heterocycles. The lowest BCUT2D eigenvalue weighted by atomic mass is 9.89. The van der Waals surface area contributed by atoms with E-state index >= 15 is 0 Å². The molecule has 0 spiro atoms. The smallest absolute Gasteiger partial charge is 0.0170 e. The maximum atomic E-state index is 6.14. The van der Waals surface area contributed by atoms with E-state index in [-0.39, 0.29) is 0 Å². The van der Waals surface area contributed by atoms with Crippen molar-refractivity contribution in [1.82, 2.24) is 4.90 Å². The monoisotopic (exact) mass is 226 g/mol. The fourth-order valence-corrected chi connectivity index (χ4v) is 2.97. The number of nitrogens with two attached hydrogens (primary N) is 1. The molecule has 1 aliphatic rings. The highest BCUT2D eigenvalue weighted by Gasteiger charge is 2.16. The first-order valence-electron chi connectivity index (χ1n) is 7.02. The predicted molar refractivity (Wildman–Crippen MR) is 71.5 cm³/mol. The molecule has 0 heterocycles. The van der Waals surface area contributed by atoms with Crippen LogP contribution in [0.4, 0.5) is 0 Å². The Hall–Kier alpha value is -0.0800. The summed E-state index contributed by atoms with van der Waals surface area (Å²) in [5.41, 5.74) is 6.14. The predicted octanol–water partition coefficient (Wildman–Crippen LogP) is 2.87. The fraction of sp³-hybridized carbons (Fsp3) is 1.00. The van der Waals surface area contributed by atoms with Crippen LogP contribution in [0.2, 0.25) is 0 Å². The zero-order valence-electron chi connectivity index (χ0n) is 11.4. The van der Waals surface area contributed by atoms with Crippen LogP contribution in [0.25, 0.3) is 0 Å². The van der Waals surface area contributed by atoms with Crippen molar-refractivity contribution in [2.24, 2.45) is 17.6 Å². The first kappa shape index (κ1) is 14.0. The van der Waals surface area contributed by atoms with Crippen molar-refractivity contribution in [3.05, 3.63) is 0 Å². The van der Waals surface area contributed by atoms with E-state index in [1.54, 1.807) is 0 Å². The van der Waals surface area contributed by atoms with Gasteiger partial charge in [-0.05, 0) is 38.1 Å². The van der Waals surface area contributed by atoms with Gasteiger partial charge in [0.05, 0.1) is 0 Å². The molecule has 96 valence electrons. The van der Waals surface area contributed by atoms with Gasteiger partial charge in [-0.1, -0.05) is 33.1 Å². The van der Waals surface area contributed by atoms with Crippen LogP contribution in [0, 0.1) is 11.8 Å². The molecule has 0 aromatic heterocycles. The van der Waals surface area contributed by atoms with Crippen LogP contribution < -0.4 is 5.73 Å². The molecule has 0 radical (unpaired) electrons. The highest BCUT2D eigenvalue weighted by Crippen LogP contribution is 2.24. The van der Waals surface area contributed by atoms with Gasteiger partial charge in [-0.25, -0.2) is 0 Å². The average Bonchev–Trinajstić information content (AvgIpc) is 2.17. The Morgan fingerprint density at radius 3 is 2.38 bits per heavy atom. The molecule has 1 fully saturated rings. The number of likely N-dealkylation sites (N-methyl/N-ethyl adjacent to an activating group) is 1. The van der Waals surface area contributed by atoms with Crippen LogP contribution in [-0.4, -0.2) is 31.1 Å². The molecule has 1 atom stereocenters. The van der Waals surface area contributed by atoms with E-state index < -0.39 is 0 Å². The maximum absolute atomic E-state index is 6.14. The molecule has 1 unspecified atom stereocenters. The summed E-state index contributed by atoms with van der Waals surface area (Å²) in [4.78, 5) is 2.45. The quantitative estimate of drug-likeness (QED) is 0.754. The molecular weight excluding hydrogens is 196 g/mol.